The van der Waals surface area contributed by atoms with Crippen molar-refractivity contribution in [3.63, 3.8) is 0 Å². The molecular formula is C6H13OTi. The molecule has 0 aliphatic carbocycles. The van der Waals surface area contributed by atoms with E-state index in [1.54, 1.807) is 20.8 Å². The van der Waals surface area contributed by atoms with E-state index >= 15 is 0 Å². The van der Waals surface area contributed by atoms with Gasteiger partial charge in [0.15, 0.2) is 0 Å². The molecule has 0 radical (unpaired) electrons. The third kappa shape index (κ3) is 3.65. The van der Waals surface area contributed by atoms with Gasteiger partial charge in [0, 0.05) is 0 Å². The van der Waals surface area contributed by atoms with Crippen molar-refractivity contribution in [2.75, 3.05) is 0 Å². The van der Waals surface area contributed by atoms with E-state index in [0.717, 1.165) is 6.42 Å². The fraction of sp³-hybridized carbons (Fsp3) is 1.00. The molecule has 0 aliphatic rings. The van der Waals surface area contributed by atoms with Crippen LogP contribution in [0.15, 0.2) is 0 Å². The Morgan fingerprint density at radius 2 is 2.00 bits per heavy atom. The molecule has 0 rings (SSSR count). The SMILES string of the molecule is CCCC(C)(C)[O][Ti]. The van der Waals surface area contributed by atoms with Gasteiger partial charge in [-0.25, -0.2) is 0 Å². The zero-order valence-electron chi connectivity index (χ0n) is 5.82. The van der Waals surface area contributed by atoms with Crippen molar-refractivity contribution in [2.24, 2.45) is 0 Å². The molecule has 0 aromatic heterocycles. The van der Waals surface area contributed by atoms with Gasteiger partial charge in [-0.2, -0.15) is 0 Å². The van der Waals surface area contributed by atoms with Crippen molar-refractivity contribution in [1.82, 2.24) is 0 Å². The van der Waals surface area contributed by atoms with E-state index in [4.69, 9.17) is 3.32 Å². The van der Waals surface area contributed by atoms with Crippen LogP contribution in [0.25, 0.3) is 0 Å². The first-order chi connectivity index (χ1) is 3.62. The molecule has 0 heterocycles. The molecule has 0 aromatic rings. The fourth-order valence-electron chi connectivity index (χ4n) is 0.653. The maximum atomic E-state index is 5.18. The second-order valence-corrected chi connectivity index (χ2v) is 2.93. The van der Waals surface area contributed by atoms with Gasteiger partial charge in [-0.15, -0.1) is 0 Å². The summed E-state index contributed by atoms with van der Waals surface area (Å²) < 4.78 is 5.18. The van der Waals surface area contributed by atoms with Crippen molar-refractivity contribution >= 4 is 0 Å². The zero-order chi connectivity index (χ0) is 6.62. The molecular weight excluding hydrogens is 136 g/mol. The Bertz CT molecular complexity index is 61.5. The first kappa shape index (κ1) is 8.67. The monoisotopic (exact) mass is 149 g/mol. The summed E-state index contributed by atoms with van der Waals surface area (Å²) >= 11 is 1.76. The fourth-order valence-corrected chi connectivity index (χ4v) is 0.812. The molecule has 47 valence electrons. The third-order valence-corrected chi connectivity index (χ3v) is 1.99. The van der Waals surface area contributed by atoms with E-state index in [2.05, 4.69) is 20.8 Å². The van der Waals surface area contributed by atoms with Crippen LogP contribution in [0.4, 0.5) is 0 Å². The van der Waals surface area contributed by atoms with Gasteiger partial charge in [-0.3, -0.25) is 0 Å². The molecule has 0 N–H and O–H groups in total. The Morgan fingerprint density at radius 1 is 1.50 bits per heavy atom. The quantitative estimate of drug-likeness (QED) is 0.558. The Kier molecular flexibility index (Phi) is 3.96. The van der Waals surface area contributed by atoms with Crippen molar-refractivity contribution in [1.29, 1.82) is 0 Å². The maximum absolute atomic E-state index is 5.18. The zero-order valence-corrected chi connectivity index (χ0v) is 7.38. The molecule has 2 heteroatoms. The van der Waals surface area contributed by atoms with Crippen LogP contribution in [-0.2, 0) is 24.1 Å². The van der Waals surface area contributed by atoms with E-state index in [1.807, 2.05) is 0 Å². The van der Waals surface area contributed by atoms with Gasteiger partial charge in [0.1, 0.15) is 0 Å². The average molecular weight is 149 g/mol. The predicted molar refractivity (Wildman–Crippen MR) is 30.1 cm³/mol. The van der Waals surface area contributed by atoms with Crippen LogP contribution >= 0.6 is 0 Å². The molecule has 0 saturated carbocycles. The van der Waals surface area contributed by atoms with Crippen LogP contribution in [0.1, 0.15) is 33.6 Å². The molecule has 8 heavy (non-hydrogen) atoms. The third-order valence-electron chi connectivity index (χ3n) is 1.13. The Labute approximate surface area is 63.7 Å². The van der Waals surface area contributed by atoms with Crippen LogP contribution in [0.3, 0.4) is 0 Å². The summed E-state index contributed by atoms with van der Waals surface area (Å²) in [5.74, 6) is 0. The van der Waals surface area contributed by atoms with Crippen LogP contribution in [0.2, 0.25) is 0 Å². The standard InChI is InChI=1S/C6H13O.Ti/c1-4-5-6(2,3)7;/h4-5H2,1-3H3;/q-1;+1. The van der Waals surface area contributed by atoms with E-state index in [0.29, 0.717) is 0 Å². The summed E-state index contributed by atoms with van der Waals surface area (Å²) in [5, 5.41) is 0. The van der Waals surface area contributed by atoms with Crippen molar-refractivity contribution < 1.29 is 24.1 Å². The topological polar surface area (TPSA) is 9.23 Å². The summed E-state index contributed by atoms with van der Waals surface area (Å²) in [6.07, 6.45) is 2.34. The van der Waals surface area contributed by atoms with Crippen molar-refractivity contribution in [2.45, 2.75) is 39.2 Å². The van der Waals surface area contributed by atoms with Crippen LogP contribution in [0, 0.1) is 0 Å². The summed E-state index contributed by atoms with van der Waals surface area (Å²) in [6.45, 7) is 6.38. The normalized spacial score (nSPS) is 11.8. The van der Waals surface area contributed by atoms with Gasteiger partial charge in [0.05, 0.1) is 0 Å². The predicted octanol–water partition coefficient (Wildman–Crippen LogP) is 2.04. The molecule has 0 saturated heterocycles. The van der Waals surface area contributed by atoms with Gasteiger partial charge in [0.2, 0.25) is 0 Å². The van der Waals surface area contributed by atoms with Gasteiger partial charge in [-0.05, 0) is 0 Å². The molecule has 0 unspecified atom stereocenters. The van der Waals surface area contributed by atoms with Gasteiger partial charge in [0.25, 0.3) is 0 Å². The molecule has 1 nitrogen and oxygen atoms in total. The number of hydrogen-bond acceptors (Lipinski definition) is 1. The Morgan fingerprint density at radius 3 is 2.12 bits per heavy atom. The first-order valence-corrected chi connectivity index (χ1v) is 3.61. The van der Waals surface area contributed by atoms with Gasteiger partial charge < -0.3 is 0 Å². The van der Waals surface area contributed by atoms with Crippen molar-refractivity contribution in [3.05, 3.63) is 0 Å². The summed E-state index contributed by atoms with van der Waals surface area (Å²) in [6, 6.07) is 0. The molecule has 0 spiro atoms. The number of rotatable bonds is 3. The minimum absolute atomic E-state index is 0.0920. The Hall–Kier alpha value is 0.674. The molecule has 0 amide bonds. The van der Waals surface area contributed by atoms with Crippen LogP contribution in [-0.4, -0.2) is 5.60 Å². The van der Waals surface area contributed by atoms with Crippen LogP contribution in [0.5, 0.6) is 0 Å². The number of hydrogen-bond donors (Lipinski definition) is 0. The molecule has 0 aromatic carbocycles. The summed E-state index contributed by atoms with van der Waals surface area (Å²) in [5.41, 5.74) is 0.0920. The van der Waals surface area contributed by atoms with Crippen molar-refractivity contribution in [3.8, 4) is 0 Å². The van der Waals surface area contributed by atoms with E-state index in [-0.39, 0.29) is 5.60 Å². The van der Waals surface area contributed by atoms with E-state index in [1.165, 1.54) is 6.42 Å². The minimum atomic E-state index is 0.0920. The van der Waals surface area contributed by atoms with Crippen LogP contribution < -0.4 is 0 Å². The summed E-state index contributed by atoms with van der Waals surface area (Å²) in [7, 11) is 0. The molecule has 0 bridgehead atoms. The van der Waals surface area contributed by atoms with E-state index < -0.39 is 0 Å². The second kappa shape index (κ2) is 3.65. The van der Waals surface area contributed by atoms with Gasteiger partial charge >= 0.3 is 63.4 Å². The molecule has 0 fully saturated rings. The Balaban J connectivity index is 3.37. The van der Waals surface area contributed by atoms with Gasteiger partial charge in [-0.1, -0.05) is 0 Å². The molecule has 0 atom stereocenters. The second-order valence-electron chi connectivity index (χ2n) is 2.61. The summed E-state index contributed by atoms with van der Waals surface area (Å²) in [4.78, 5) is 0. The molecule has 0 aliphatic heterocycles. The average Bonchev–Trinajstić information content (AvgIpc) is 1.67. The first-order valence-electron chi connectivity index (χ1n) is 2.97. The van der Waals surface area contributed by atoms with E-state index in [9.17, 15) is 0 Å².